The molecule has 2 aliphatic rings. The highest BCUT2D eigenvalue weighted by Gasteiger charge is 2.39. The molecule has 1 aromatic carbocycles. The van der Waals surface area contributed by atoms with Gasteiger partial charge >= 0.3 is 6.03 Å². The van der Waals surface area contributed by atoms with Gasteiger partial charge < -0.3 is 19.7 Å². The summed E-state index contributed by atoms with van der Waals surface area (Å²) in [4.78, 5) is 14.5. The van der Waals surface area contributed by atoms with E-state index in [0.717, 1.165) is 0 Å². The Morgan fingerprint density at radius 2 is 2.22 bits per heavy atom. The number of carbonyl (C=O) groups is 1. The molecule has 1 heterocycles. The number of rotatable bonds is 4. The molecule has 2 amide bonds. The third kappa shape index (κ3) is 4.09. The van der Waals surface area contributed by atoms with Crippen LogP contribution in [-0.4, -0.2) is 42.8 Å². The number of halogens is 1. The van der Waals surface area contributed by atoms with Gasteiger partial charge in [-0.1, -0.05) is 11.6 Å². The van der Waals surface area contributed by atoms with E-state index in [1.54, 1.807) is 12.1 Å². The molecule has 0 aromatic heterocycles. The number of urea groups is 1. The first-order valence-electron chi connectivity index (χ1n) is 8.16. The van der Waals surface area contributed by atoms with Crippen LogP contribution in [0.1, 0.15) is 26.7 Å². The van der Waals surface area contributed by atoms with E-state index in [-0.39, 0.29) is 18.2 Å². The zero-order valence-corrected chi connectivity index (χ0v) is 14.3. The third-order valence-electron chi connectivity index (χ3n) is 4.15. The third-order valence-corrected chi connectivity index (χ3v) is 4.46. The Balaban J connectivity index is 1.67. The SMILES string of the molecule is CC(C)Oc1ccc(NC(=O)N2CCOC[C@@H]2C2CC2)c(Cl)c1. The Bertz CT molecular complexity index is 575. The van der Waals surface area contributed by atoms with E-state index >= 15 is 0 Å². The van der Waals surface area contributed by atoms with E-state index in [2.05, 4.69) is 5.32 Å². The molecule has 2 fully saturated rings. The van der Waals surface area contributed by atoms with E-state index < -0.39 is 0 Å². The number of anilines is 1. The molecule has 1 saturated carbocycles. The molecule has 1 saturated heterocycles. The van der Waals surface area contributed by atoms with Crippen LogP contribution < -0.4 is 10.1 Å². The molecular weight excluding hydrogens is 316 g/mol. The van der Waals surface area contributed by atoms with Gasteiger partial charge in [0.05, 0.1) is 36.1 Å². The summed E-state index contributed by atoms with van der Waals surface area (Å²) < 4.78 is 11.1. The van der Waals surface area contributed by atoms with Gasteiger partial charge in [-0.25, -0.2) is 4.79 Å². The lowest BCUT2D eigenvalue weighted by Crippen LogP contribution is -2.51. The Labute approximate surface area is 141 Å². The molecule has 0 unspecified atom stereocenters. The van der Waals surface area contributed by atoms with Crippen LogP contribution in [0.2, 0.25) is 5.02 Å². The van der Waals surface area contributed by atoms with Gasteiger partial charge in [-0.3, -0.25) is 0 Å². The Kier molecular flexibility index (Phi) is 4.97. The summed E-state index contributed by atoms with van der Waals surface area (Å²) >= 11 is 6.27. The molecule has 0 bridgehead atoms. The van der Waals surface area contributed by atoms with Crippen molar-refractivity contribution >= 4 is 23.3 Å². The van der Waals surface area contributed by atoms with Crippen molar-refractivity contribution in [3.8, 4) is 5.75 Å². The minimum absolute atomic E-state index is 0.0826. The van der Waals surface area contributed by atoms with Gasteiger partial charge in [0.2, 0.25) is 0 Å². The van der Waals surface area contributed by atoms with Crippen LogP contribution >= 0.6 is 11.6 Å². The molecular formula is C17H23ClN2O3. The van der Waals surface area contributed by atoms with Crippen molar-refractivity contribution in [3.05, 3.63) is 23.2 Å². The minimum Gasteiger partial charge on any atom is -0.491 e. The number of nitrogens with zero attached hydrogens (tertiary/aromatic N) is 1. The second kappa shape index (κ2) is 6.97. The fourth-order valence-electron chi connectivity index (χ4n) is 2.88. The molecule has 126 valence electrons. The van der Waals surface area contributed by atoms with Gasteiger partial charge in [0.1, 0.15) is 5.75 Å². The summed E-state index contributed by atoms with van der Waals surface area (Å²) in [6, 6.07) is 5.41. The van der Waals surface area contributed by atoms with Crippen LogP contribution in [0.4, 0.5) is 10.5 Å². The lowest BCUT2D eigenvalue weighted by Gasteiger charge is -2.35. The van der Waals surface area contributed by atoms with Crippen LogP contribution in [-0.2, 0) is 4.74 Å². The molecule has 0 spiro atoms. The van der Waals surface area contributed by atoms with E-state index in [0.29, 0.717) is 42.1 Å². The van der Waals surface area contributed by atoms with E-state index in [9.17, 15) is 4.79 Å². The standard InChI is InChI=1S/C17H23ClN2O3/c1-11(2)23-13-5-6-15(14(18)9-13)19-17(21)20-7-8-22-10-16(20)12-3-4-12/h5-6,9,11-12,16H,3-4,7-8,10H2,1-2H3,(H,19,21)/t16-/m1/s1. The first-order valence-corrected chi connectivity index (χ1v) is 8.54. The second-order valence-electron chi connectivity index (χ2n) is 6.41. The number of hydrogen-bond acceptors (Lipinski definition) is 3. The van der Waals surface area contributed by atoms with Crippen LogP contribution in [0.5, 0.6) is 5.75 Å². The molecule has 0 radical (unpaired) electrons. The van der Waals surface area contributed by atoms with Gasteiger partial charge in [0.15, 0.2) is 0 Å². The molecule has 5 nitrogen and oxygen atoms in total. The number of ether oxygens (including phenoxy) is 2. The highest BCUT2D eigenvalue weighted by molar-refractivity contribution is 6.33. The number of carbonyl (C=O) groups excluding carboxylic acids is 1. The quantitative estimate of drug-likeness (QED) is 0.909. The van der Waals surface area contributed by atoms with Gasteiger partial charge in [-0.15, -0.1) is 0 Å². The van der Waals surface area contributed by atoms with Crippen molar-refractivity contribution in [1.82, 2.24) is 4.90 Å². The monoisotopic (exact) mass is 338 g/mol. The summed E-state index contributed by atoms with van der Waals surface area (Å²) in [5.41, 5.74) is 0.605. The smallest absolute Gasteiger partial charge is 0.322 e. The minimum atomic E-state index is -0.107. The van der Waals surface area contributed by atoms with Gasteiger partial charge in [-0.2, -0.15) is 0 Å². The Hall–Kier alpha value is -1.46. The van der Waals surface area contributed by atoms with Crippen molar-refractivity contribution in [2.24, 2.45) is 5.92 Å². The second-order valence-corrected chi connectivity index (χ2v) is 6.82. The van der Waals surface area contributed by atoms with Crippen molar-refractivity contribution < 1.29 is 14.3 Å². The number of benzene rings is 1. The highest BCUT2D eigenvalue weighted by Crippen LogP contribution is 2.37. The number of hydrogen-bond donors (Lipinski definition) is 1. The van der Waals surface area contributed by atoms with Gasteiger partial charge in [0, 0.05) is 12.6 Å². The van der Waals surface area contributed by atoms with Crippen molar-refractivity contribution in [2.75, 3.05) is 25.1 Å². The predicted octanol–water partition coefficient (Wildman–Crippen LogP) is 3.77. The zero-order valence-electron chi connectivity index (χ0n) is 13.5. The van der Waals surface area contributed by atoms with E-state index in [4.69, 9.17) is 21.1 Å². The first kappa shape index (κ1) is 16.4. The van der Waals surface area contributed by atoms with Crippen LogP contribution in [0.15, 0.2) is 18.2 Å². The van der Waals surface area contributed by atoms with Crippen LogP contribution in [0.25, 0.3) is 0 Å². The Morgan fingerprint density at radius 1 is 1.43 bits per heavy atom. The fourth-order valence-corrected chi connectivity index (χ4v) is 3.09. The number of nitrogens with one attached hydrogen (secondary N) is 1. The molecule has 1 N–H and O–H groups in total. The van der Waals surface area contributed by atoms with E-state index in [1.165, 1.54) is 12.8 Å². The normalized spacial score (nSPS) is 21.4. The fraction of sp³-hybridized carbons (Fsp3) is 0.588. The predicted molar refractivity (Wildman–Crippen MR) is 90.3 cm³/mol. The van der Waals surface area contributed by atoms with Crippen molar-refractivity contribution in [1.29, 1.82) is 0 Å². The molecule has 1 aliphatic carbocycles. The largest absolute Gasteiger partial charge is 0.491 e. The van der Waals surface area contributed by atoms with Crippen molar-refractivity contribution in [3.63, 3.8) is 0 Å². The van der Waals surface area contributed by atoms with Crippen LogP contribution in [0, 0.1) is 5.92 Å². The van der Waals surface area contributed by atoms with Crippen molar-refractivity contribution in [2.45, 2.75) is 38.8 Å². The molecule has 6 heteroatoms. The number of amides is 2. The summed E-state index contributed by atoms with van der Waals surface area (Å²) in [6.45, 7) is 5.76. The maximum atomic E-state index is 12.6. The topological polar surface area (TPSA) is 50.8 Å². The highest BCUT2D eigenvalue weighted by atomic mass is 35.5. The molecule has 1 aromatic rings. The molecule has 23 heavy (non-hydrogen) atoms. The summed E-state index contributed by atoms with van der Waals surface area (Å²) in [5.74, 6) is 1.28. The zero-order chi connectivity index (χ0) is 16.4. The maximum Gasteiger partial charge on any atom is 0.322 e. The first-order chi connectivity index (χ1) is 11.0. The lowest BCUT2D eigenvalue weighted by molar-refractivity contribution is 0.00773. The molecule has 1 aliphatic heterocycles. The van der Waals surface area contributed by atoms with E-state index in [1.807, 2.05) is 24.8 Å². The number of morpholine rings is 1. The summed E-state index contributed by atoms with van der Waals surface area (Å²) in [6.07, 6.45) is 2.44. The Morgan fingerprint density at radius 3 is 2.87 bits per heavy atom. The average molecular weight is 339 g/mol. The summed E-state index contributed by atoms with van der Waals surface area (Å²) in [7, 11) is 0. The van der Waals surface area contributed by atoms with Crippen LogP contribution in [0.3, 0.4) is 0 Å². The summed E-state index contributed by atoms with van der Waals surface area (Å²) in [5, 5.41) is 3.40. The lowest BCUT2D eigenvalue weighted by atomic mass is 10.1. The van der Waals surface area contributed by atoms with Gasteiger partial charge in [-0.05, 0) is 44.7 Å². The molecule has 1 atom stereocenters. The maximum absolute atomic E-state index is 12.6. The van der Waals surface area contributed by atoms with Gasteiger partial charge in [0.25, 0.3) is 0 Å². The average Bonchev–Trinajstić information content (AvgIpc) is 3.34. The molecule has 3 rings (SSSR count).